The first-order valence-electron chi connectivity index (χ1n) is 10.9. The molecule has 1 unspecified atom stereocenters. The molecule has 1 saturated heterocycles. The Bertz CT molecular complexity index is 1100. The van der Waals surface area contributed by atoms with Gasteiger partial charge in [0.1, 0.15) is 11.7 Å². The summed E-state index contributed by atoms with van der Waals surface area (Å²) in [5.41, 5.74) is 1.50. The predicted octanol–water partition coefficient (Wildman–Crippen LogP) is 0.557. The Morgan fingerprint density at radius 3 is 2.76 bits per heavy atom. The zero-order chi connectivity index (χ0) is 23.2. The van der Waals surface area contributed by atoms with Crippen molar-refractivity contribution in [3.63, 3.8) is 0 Å². The minimum atomic E-state index is -0.702. The Morgan fingerprint density at radius 1 is 1.21 bits per heavy atom. The lowest BCUT2D eigenvalue weighted by Gasteiger charge is -2.31. The van der Waals surface area contributed by atoms with Crippen molar-refractivity contribution >= 4 is 28.7 Å². The minimum Gasteiger partial charge on any atom is -0.464 e. The van der Waals surface area contributed by atoms with Crippen LogP contribution in [0.2, 0.25) is 0 Å². The van der Waals surface area contributed by atoms with Gasteiger partial charge in [-0.15, -0.1) is 5.10 Å². The van der Waals surface area contributed by atoms with Crippen molar-refractivity contribution in [3.8, 4) is 0 Å². The monoisotopic (exact) mass is 453 g/mol. The van der Waals surface area contributed by atoms with Crippen molar-refractivity contribution in [2.75, 3.05) is 33.3 Å². The molecule has 174 valence electrons. The maximum atomic E-state index is 13.2. The average Bonchev–Trinajstić information content (AvgIpc) is 3.50. The third kappa shape index (κ3) is 5.20. The summed E-state index contributed by atoms with van der Waals surface area (Å²) in [6.45, 7) is 2.98. The van der Waals surface area contributed by atoms with Gasteiger partial charge in [0, 0.05) is 43.6 Å². The lowest BCUT2D eigenvalue weighted by molar-refractivity contribution is -0.134. The van der Waals surface area contributed by atoms with Crippen LogP contribution in [0.4, 0.5) is 0 Å². The summed E-state index contributed by atoms with van der Waals surface area (Å²) in [6, 6.07) is 8.68. The average molecular weight is 454 g/mol. The van der Waals surface area contributed by atoms with E-state index >= 15 is 0 Å². The van der Waals surface area contributed by atoms with Crippen LogP contribution in [0.1, 0.15) is 33.8 Å². The SMILES string of the molecule is COC(=O)c1cnnn1CCCC(NC(=O)c1cc2ccccc2[nH]1)C(=O)N1CCNCC1. The maximum absolute atomic E-state index is 13.2. The zero-order valence-corrected chi connectivity index (χ0v) is 18.4. The van der Waals surface area contributed by atoms with Gasteiger partial charge in [-0.25, -0.2) is 9.48 Å². The van der Waals surface area contributed by atoms with Crippen LogP contribution in [0.25, 0.3) is 10.9 Å². The third-order valence-electron chi connectivity index (χ3n) is 5.68. The van der Waals surface area contributed by atoms with Crippen molar-refractivity contribution < 1.29 is 19.1 Å². The fourth-order valence-corrected chi connectivity index (χ4v) is 3.93. The lowest BCUT2D eigenvalue weighted by atomic mass is 10.1. The standard InChI is InChI=1S/C22H27N7O4/c1-33-22(32)19-14-24-27-29(19)10-4-7-17(21(31)28-11-8-23-9-12-28)26-20(30)18-13-15-5-2-3-6-16(15)25-18/h2-3,5-6,13-14,17,23,25H,4,7-12H2,1H3,(H,26,30). The molecule has 11 heteroatoms. The molecule has 11 nitrogen and oxygen atoms in total. The van der Waals surface area contributed by atoms with E-state index in [1.54, 1.807) is 11.0 Å². The number of fused-ring (bicyclic) bond motifs is 1. The van der Waals surface area contributed by atoms with E-state index in [1.165, 1.54) is 18.0 Å². The van der Waals surface area contributed by atoms with Crippen LogP contribution in [-0.2, 0) is 16.1 Å². The van der Waals surface area contributed by atoms with Gasteiger partial charge in [0.25, 0.3) is 5.91 Å². The molecule has 1 atom stereocenters. The van der Waals surface area contributed by atoms with Gasteiger partial charge in [0.15, 0.2) is 5.69 Å². The number of nitrogens with zero attached hydrogens (tertiary/aromatic N) is 4. The number of hydrogen-bond donors (Lipinski definition) is 3. The number of aromatic nitrogens is 4. The summed E-state index contributed by atoms with van der Waals surface area (Å²) >= 11 is 0. The van der Waals surface area contributed by atoms with Crippen LogP contribution in [0.15, 0.2) is 36.5 Å². The number of aromatic amines is 1. The van der Waals surface area contributed by atoms with Crippen LogP contribution in [0.3, 0.4) is 0 Å². The summed E-state index contributed by atoms with van der Waals surface area (Å²) in [4.78, 5) is 42.9. The number of para-hydroxylation sites is 1. The molecule has 0 aliphatic carbocycles. The molecule has 3 aromatic rings. The van der Waals surface area contributed by atoms with Crippen molar-refractivity contribution in [3.05, 3.63) is 47.9 Å². The van der Waals surface area contributed by atoms with E-state index < -0.39 is 12.0 Å². The van der Waals surface area contributed by atoms with Gasteiger partial charge in [-0.05, 0) is 25.0 Å². The first-order chi connectivity index (χ1) is 16.1. The van der Waals surface area contributed by atoms with Crippen LogP contribution in [0.5, 0.6) is 0 Å². The van der Waals surface area contributed by atoms with Crippen LogP contribution < -0.4 is 10.6 Å². The molecule has 0 spiro atoms. The topological polar surface area (TPSA) is 134 Å². The smallest absolute Gasteiger partial charge is 0.358 e. The van der Waals surface area contributed by atoms with Gasteiger partial charge < -0.3 is 25.3 Å². The second-order valence-electron chi connectivity index (χ2n) is 7.85. The third-order valence-corrected chi connectivity index (χ3v) is 5.68. The summed E-state index contributed by atoms with van der Waals surface area (Å²) in [6.07, 6.45) is 2.23. The Labute approximate surface area is 190 Å². The highest BCUT2D eigenvalue weighted by Crippen LogP contribution is 2.15. The Kier molecular flexibility index (Phi) is 6.98. The predicted molar refractivity (Wildman–Crippen MR) is 120 cm³/mol. The number of hydrogen-bond acceptors (Lipinski definition) is 7. The first-order valence-corrected chi connectivity index (χ1v) is 10.9. The number of H-pyrrole nitrogens is 1. The molecule has 1 aromatic carbocycles. The molecule has 3 heterocycles. The fraction of sp³-hybridized carbons (Fsp3) is 0.409. The number of methoxy groups -OCH3 is 1. The Hall–Kier alpha value is -3.73. The molecule has 1 fully saturated rings. The van der Waals surface area contributed by atoms with Crippen molar-refractivity contribution in [2.24, 2.45) is 0 Å². The molecule has 2 amide bonds. The molecule has 1 aliphatic heterocycles. The highest BCUT2D eigenvalue weighted by Gasteiger charge is 2.27. The highest BCUT2D eigenvalue weighted by molar-refractivity contribution is 6.00. The lowest BCUT2D eigenvalue weighted by Crippen LogP contribution is -2.54. The van der Waals surface area contributed by atoms with Crippen LogP contribution >= 0.6 is 0 Å². The molecule has 0 radical (unpaired) electrons. The summed E-state index contributed by atoms with van der Waals surface area (Å²) < 4.78 is 6.18. The Morgan fingerprint density at radius 2 is 2.00 bits per heavy atom. The number of amides is 2. The van der Waals surface area contributed by atoms with Gasteiger partial charge in [-0.3, -0.25) is 9.59 Å². The summed E-state index contributed by atoms with van der Waals surface area (Å²) in [5.74, 6) is -0.982. The van der Waals surface area contributed by atoms with Crippen LogP contribution in [0, 0.1) is 0 Å². The van der Waals surface area contributed by atoms with Gasteiger partial charge in [-0.1, -0.05) is 23.4 Å². The van der Waals surface area contributed by atoms with E-state index in [2.05, 4.69) is 25.9 Å². The molecule has 0 bridgehead atoms. The molecule has 2 aromatic heterocycles. The zero-order valence-electron chi connectivity index (χ0n) is 18.4. The van der Waals surface area contributed by atoms with Crippen molar-refractivity contribution in [1.29, 1.82) is 0 Å². The van der Waals surface area contributed by atoms with E-state index in [9.17, 15) is 14.4 Å². The van der Waals surface area contributed by atoms with Gasteiger partial charge in [0.2, 0.25) is 5.91 Å². The van der Waals surface area contributed by atoms with Gasteiger partial charge in [-0.2, -0.15) is 0 Å². The van der Waals surface area contributed by atoms with Crippen molar-refractivity contribution in [1.82, 2.24) is 35.5 Å². The number of esters is 1. The minimum absolute atomic E-state index is 0.118. The van der Waals surface area contributed by atoms with Gasteiger partial charge in [0.05, 0.1) is 13.3 Å². The number of nitrogens with one attached hydrogen (secondary N) is 3. The number of piperazine rings is 1. The van der Waals surface area contributed by atoms with E-state index in [4.69, 9.17) is 4.74 Å². The second-order valence-corrected chi connectivity index (χ2v) is 7.85. The number of carbonyl (C=O) groups is 3. The number of carbonyl (C=O) groups excluding carboxylic acids is 3. The molecule has 4 rings (SSSR count). The number of aryl methyl sites for hydroxylation is 1. The maximum Gasteiger partial charge on any atom is 0.358 e. The molecule has 0 saturated carbocycles. The molecule has 33 heavy (non-hydrogen) atoms. The van der Waals surface area contributed by atoms with Gasteiger partial charge >= 0.3 is 5.97 Å². The van der Waals surface area contributed by atoms with E-state index in [0.717, 1.165) is 24.0 Å². The fourth-order valence-electron chi connectivity index (χ4n) is 3.93. The number of ether oxygens (including phenoxy) is 1. The summed E-state index contributed by atoms with van der Waals surface area (Å²) in [5, 5.41) is 14.7. The quantitative estimate of drug-likeness (QED) is 0.424. The van der Waals surface area contributed by atoms with Crippen molar-refractivity contribution in [2.45, 2.75) is 25.4 Å². The molecule has 3 N–H and O–H groups in total. The highest BCUT2D eigenvalue weighted by atomic mass is 16.5. The van der Waals surface area contributed by atoms with Crippen LogP contribution in [-0.4, -0.2) is 82.0 Å². The first kappa shape index (κ1) is 22.5. The Balaban J connectivity index is 1.45. The molecule has 1 aliphatic rings. The van der Waals surface area contributed by atoms with E-state index in [-0.39, 0.29) is 17.5 Å². The molecular weight excluding hydrogens is 426 g/mol. The number of rotatable bonds is 8. The van der Waals surface area contributed by atoms with E-state index in [0.29, 0.717) is 38.2 Å². The number of benzene rings is 1. The summed E-state index contributed by atoms with van der Waals surface area (Å²) in [7, 11) is 1.29. The largest absolute Gasteiger partial charge is 0.464 e. The second kappa shape index (κ2) is 10.3. The normalized spacial score (nSPS) is 14.8. The van der Waals surface area contributed by atoms with E-state index in [1.807, 2.05) is 24.3 Å². The molecular formula is C22H27N7O4.